The average molecular weight is 251 g/mol. The monoisotopic (exact) mass is 251 g/mol. The van der Waals surface area contributed by atoms with Crippen molar-refractivity contribution in [2.24, 2.45) is 5.41 Å². The topological polar surface area (TPSA) is 101 Å². The third kappa shape index (κ3) is 4.18. The maximum Gasteiger partial charge on any atom is 0.310 e. The van der Waals surface area contributed by atoms with Gasteiger partial charge < -0.3 is 10.4 Å². The van der Waals surface area contributed by atoms with Crippen LogP contribution in [0, 0.1) is 5.41 Å². The van der Waals surface area contributed by atoms with Gasteiger partial charge >= 0.3 is 5.97 Å². The van der Waals surface area contributed by atoms with Crippen molar-refractivity contribution in [1.82, 2.24) is 5.32 Å². The van der Waals surface area contributed by atoms with Crippen LogP contribution in [-0.4, -0.2) is 43.5 Å². The molecule has 0 aromatic heterocycles. The smallest absolute Gasteiger partial charge is 0.310 e. The molecule has 0 fully saturated rings. The molecule has 0 aliphatic heterocycles. The van der Waals surface area contributed by atoms with Crippen LogP contribution < -0.4 is 5.32 Å². The highest BCUT2D eigenvalue weighted by molar-refractivity contribution is 7.92. The van der Waals surface area contributed by atoms with Crippen LogP contribution in [0.5, 0.6) is 0 Å². The standard InChI is InChI=1S/C9H17NO5S/c1-6(16(4,14)15)7(11)10-5-9(2,3)8(12)13/h6H,5H2,1-4H3,(H,10,11)(H,12,13). The van der Waals surface area contributed by atoms with Crippen molar-refractivity contribution in [3.63, 3.8) is 0 Å². The molecular formula is C9H17NO5S. The summed E-state index contributed by atoms with van der Waals surface area (Å²) < 4.78 is 22.1. The Kier molecular flexibility index (Phi) is 4.48. The minimum atomic E-state index is -3.45. The molecule has 0 heterocycles. The van der Waals surface area contributed by atoms with E-state index in [-0.39, 0.29) is 6.54 Å². The molecule has 0 spiro atoms. The van der Waals surface area contributed by atoms with Crippen molar-refractivity contribution >= 4 is 21.7 Å². The molecule has 1 atom stereocenters. The van der Waals surface area contributed by atoms with Crippen LogP contribution in [0.15, 0.2) is 0 Å². The Morgan fingerprint density at radius 2 is 1.81 bits per heavy atom. The first-order chi connectivity index (χ1) is 6.98. The third-order valence-corrected chi connectivity index (χ3v) is 3.79. The number of hydrogen-bond donors (Lipinski definition) is 2. The van der Waals surface area contributed by atoms with E-state index in [1.165, 1.54) is 20.8 Å². The summed E-state index contributed by atoms with van der Waals surface area (Å²) in [6.07, 6.45) is 0.958. The Bertz CT molecular complexity index is 385. The summed E-state index contributed by atoms with van der Waals surface area (Å²) in [5, 5.41) is 9.93. The number of rotatable bonds is 5. The van der Waals surface area contributed by atoms with Gasteiger partial charge in [0.15, 0.2) is 9.84 Å². The highest BCUT2D eigenvalue weighted by atomic mass is 32.2. The molecular weight excluding hydrogens is 234 g/mol. The number of sulfone groups is 1. The molecule has 16 heavy (non-hydrogen) atoms. The predicted octanol–water partition coefficient (Wildman–Crippen LogP) is -0.353. The molecule has 0 radical (unpaired) electrons. The zero-order chi connectivity index (χ0) is 13.1. The van der Waals surface area contributed by atoms with E-state index in [0.29, 0.717) is 0 Å². The van der Waals surface area contributed by atoms with Crippen molar-refractivity contribution in [3.8, 4) is 0 Å². The fourth-order valence-corrected chi connectivity index (χ4v) is 1.19. The number of carbonyl (C=O) groups excluding carboxylic acids is 1. The lowest BCUT2D eigenvalue weighted by molar-refractivity contribution is -0.146. The van der Waals surface area contributed by atoms with Gasteiger partial charge in [-0.2, -0.15) is 0 Å². The fourth-order valence-electron chi connectivity index (χ4n) is 0.722. The van der Waals surface area contributed by atoms with Gasteiger partial charge in [0.2, 0.25) is 5.91 Å². The van der Waals surface area contributed by atoms with E-state index >= 15 is 0 Å². The maximum absolute atomic E-state index is 11.4. The Morgan fingerprint density at radius 1 is 1.38 bits per heavy atom. The Morgan fingerprint density at radius 3 is 2.12 bits per heavy atom. The Balaban J connectivity index is 4.46. The molecule has 0 aliphatic carbocycles. The van der Waals surface area contributed by atoms with Gasteiger partial charge in [-0.1, -0.05) is 0 Å². The fraction of sp³-hybridized carbons (Fsp3) is 0.778. The van der Waals surface area contributed by atoms with Crippen molar-refractivity contribution in [2.45, 2.75) is 26.0 Å². The second kappa shape index (κ2) is 4.82. The van der Waals surface area contributed by atoms with E-state index < -0.39 is 32.4 Å². The summed E-state index contributed by atoms with van der Waals surface area (Å²) in [7, 11) is -3.45. The van der Waals surface area contributed by atoms with E-state index in [4.69, 9.17) is 5.11 Å². The number of amides is 1. The van der Waals surface area contributed by atoms with Gasteiger partial charge in [0.05, 0.1) is 5.41 Å². The van der Waals surface area contributed by atoms with E-state index in [2.05, 4.69) is 5.32 Å². The minimum Gasteiger partial charge on any atom is -0.481 e. The van der Waals surface area contributed by atoms with Gasteiger partial charge in [0.25, 0.3) is 0 Å². The van der Waals surface area contributed by atoms with Crippen LogP contribution in [0.2, 0.25) is 0 Å². The summed E-state index contributed by atoms with van der Waals surface area (Å²) in [4.78, 5) is 22.1. The van der Waals surface area contributed by atoms with Gasteiger partial charge in [-0.15, -0.1) is 0 Å². The molecule has 94 valence electrons. The second-order valence-electron chi connectivity index (χ2n) is 4.38. The van der Waals surface area contributed by atoms with Crippen LogP contribution in [0.4, 0.5) is 0 Å². The number of hydrogen-bond acceptors (Lipinski definition) is 4. The molecule has 0 bridgehead atoms. The highest BCUT2D eigenvalue weighted by Gasteiger charge is 2.30. The molecule has 0 aliphatic rings. The van der Waals surface area contributed by atoms with Crippen LogP contribution in [0.1, 0.15) is 20.8 Å². The zero-order valence-electron chi connectivity index (χ0n) is 9.77. The van der Waals surface area contributed by atoms with Crippen LogP contribution in [0.25, 0.3) is 0 Å². The zero-order valence-corrected chi connectivity index (χ0v) is 10.6. The summed E-state index contributed by atoms with van der Waals surface area (Å²) in [6, 6.07) is 0. The number of aliphatic carboxylic acids is 1. The first-order valence-corrected chi connectivity index (χ1v) is 6.64. The lowest BCUT2D eigenvalue weighted by Crippen LogP contribution is -2.44. The molecule has 0 rings (SSSR count). The van der Waals surface area contributed by atoms with Crippen LogP contribution >= 0.6 is 0 Å². The quantitative estimate of drug-likeness (QED) is 0.695. The van der Waals surface area contributed by atoms with Gasteiger partial charge in [-0.25, -0.2) is 8.42 Å². The minimum absolute atomic E-state index is 0.110. The maximum atomic E-state index is 11.4. The van der Waals surface area contributed by atoms with Gasteiger partial charge in [-0.3, -0.25) is 9.59 Å². The average Bonchev–Trinajstić information content (AvgIpc) is 2.11. The summed E-state index contributed by atoms with van der Waals surface area (Å²) in [6.45, 7) is 4.04. The van der Waals surface area contributed by atoms with E-state index in [1.54, 1.807) is 0 Å². The lowest BCUT2D eigenvalue weighted by atomic mass is 9.94. The van der Waals surface area contributed by atoms with Crippen LogP contribution in [0.3, 0.4) is 0 Å². The van der Waals surface area contributed by atoms with E-state index in [0.717, 1.165) is 6.26 Å². The Labute approximate surface area is 95.0 Å². The summed E-state index contributed by atoms with van der Waals surface area (Å²) >= 11 is 0. The molecule has 2 N–H and O–H groups in total. The first-order valence-electron chi connectivity index (χ1n) is 4.68. The third-order valence-electron chi connectivity index (χ3n) is 2.29. The molecule has 0 saturated heterocycles. The number of carbonyl (C=O) groups is 2. The van der Waals surface area contributed by atoms with Gasteiger partial charge in [0.1, 0.15) is 5.25 Å². The van der Waals surface area contributed by atoms with E-state index in [1.807, 2.05) is 0 Å². The largest absolute Gasteiger partial charge is 0.481 e. The number of nitrogens with one attached hydrogen (secondary N) is 1. The SMILES string of the molecule is CC(C(=O)NCC(C)(C)C(=O)O)S(C)(=O)=O. The number of carboxylic acid groups (broad SMARTS) is 1. The Hall–Kier alpha value is -1.11. The molecule has 1 unspecified atom stereocenters. The predicted molar refractivity (Wildman–Crippen MR) is 58.7 cm³/mol. The van der Waals surface area contributed by atoms with Crippen molar-refractivity contribution in [1.29, 1.82) is 0 Å². The molecule has 0 aromatic carbocycles. The molecule has 1 amide bonds. The van der Waals surface area contributed by atoms with Crippen molar-refractivity contribution in [3.05, 3.63) is 0 Å². The van der Waals surface area contributed by atoms with Crippen molar-refractivity contribution in [2.75, 3.05) is 12.8 Å². The van der Waals surface area contributed by atoms with Gasteiger partial charge in [0, 0.05) is 12.8 Å². The van der Waals surface area contributed by atoms with Crippen molar-refractivity contribution < 1.29 is 23.1 Å². The van der Waals surface area contributed by atoms with Crippen LogP contribution in [-0.2, 0) is 19.4 Å². The summed E-state index contributed by atoms with van der Waals surface area (Å²) in [5.41, 5.74) is -1.12. The molecule has 0 saturated carbocycles. The molecule has 7 heteroatoms. The highest BCUT2D eigenvalue weighted by Crippen LogP contribution is 2.13. The first kappa shape index (κ1) is 14.9. The lowest BCUT2D eigenvalue weighted by Gasteiger charge is -2.20. The summed E-state index contributed by atoms with van der Waals surface area (Å²) in [5.74, 6) is -1.74. The normalized spacial score (nSPS) is 14.2. The van der Waals surface area contributed by atoms with Gasteiger partial charge in [-0.05, 0) is 20.8 Å². The molecule has 6 nitrogen and oxygen atoms in total. The number of carboxylic acids is 1. The second-order valence-corrected chi connectivity index (χ2v) is 6.74. The molecule has 0 aromatic rings. The van der Waals surface area contributed by atoms with E-state index in [9.17, 15) is 18.0 Å².